The molecule has 1 rings (SSSR count). The summed E-state index contributed by atoms with van der Waals surface area (Å²) in [4.78, 5) is 0. The maximum Gasteiger partial charge on any atom is 0.119 e. The molecule has 0 saturated heterocycles. The van der Waals surface area contributed by atoms with Gasteiger partial charge in [0.1, 0.15) is 5.75 Å². The van der Waals surface area contributed by atoms with Crippen LogP contribution < -0.4 is 4.74 Å². The Balaban J connectivity index is 2.91. The number of aryl methyl sites for hydroxylation is 1. The Labute approximate surface area is 98.3 Å². The maximum atomic E-state index is 9.14. The Bertz CT molecular complexity index is 321. The van der Waals surface area contributed by atoms with Crippen LogP contribution in [0.2, 0.25) is 0 Å². The lowest BCUT2D eigenvalue weighted by atomic mass is 9.97. The molecule has 16 heavy (non-hydrogen) atoms. The first-order chi connectivity index (χ1) is 7.71. The van der Waals surface area contributed by atoms with Gasteiger partial charge in [-0.15, -0.1) is 0 Å². The minimum atomic E-state index is 0.0976. The van der Waals surface area contributed by atoms with E-state index in [0.717, 1.165) is 23.7 Å². The monoisotopic (exact) mass is 221 g/mol. The number of ether oxygens (including phenoxy) is 1. The van der Waals surface area contributed by atoms with Crippen molar-refractivity contribution in [1.29, 1.82) is 0 Å². The first-order valence-corrected chi connectivity index (χ1v) is 5.82. The van der Waals surface area contributed by atoms with Crippen molar-refractivity contribution in [3.05, 3.63) is 35.2 Å². The Kier molecular flexibility index (Phi) is 5.33. The highest BCUT2D eigenvalue weighted by Crippen LogP contribution is 2.23. The number of rotatable bonds is 6. The van der Waals surface area contributed by atoms with E-state index in [1.807, 2.05) is 13.0 Å². The number of hydrogen-bond donors (Lipinski definition) is 1. The molecular formula is C14H21O2. The summed E-state index contributed by atoms with van der Waals surface area (Å²) < 4.78 is 5.28. The number of aliphatic hydroxyl groups is 1. The fourth-order valence-electron chi connectivity index (χ4n) is 1.64. The van der Waals surface area contributed by atoms with E-state index in [1.54, 1.807) is 7.11 Å². The van der Waals surface area contributed by atoms with E-state index in [4.69, 9.17) is 9.84 Å². The van der Waals surface area contributed by atoms with Crippen LogP contribution in [0.25, 0.3) is 0 Å². The molecule has 0 aromatic heterocycles. The van der Waals surface area contributed by atoms with Gasteiger partial charge in [0, 0.05) is 5.92 Å². The van der Waals surface area contributed by atoms with Crippen molar-refractivity contribution in [3.8, 4) is 5.75 Å². The smallest absolute Gasteiger partial charge is 0.119 e. The molecule has 0 unspecified atom stereocenters. The second-order valence-electron chi connectivity index (χ2n) is 4.11. The van der Waals surface area contributed by atoms with Crippen molar-refractivity contribution in [2.45, 2.75) is 33.1 Å². The van der Waals surface area contributed by atoms with Gasteiger partial charge in [0.2, 0.25) is 0 Å². The van der Waals surface area contributed by atoms with Gasteiger partial charge < -0.3 is 9.84 Å². The van der Waals surface area contributed by atoms with Crippen molar-refractivity contribution in [1.82, 2.24) is 0 Å². The van der Waals surface area contributed by atoms with Gasteiger partial charge in [-0.05, 0) is 36.1 Å². The molecule has 0 bridgehead atoms. The van der Waals surface area contributed by atoms with Gasteiger partial charge in [0.25, 0.3) is 0 Å². The van der Waals surface area contributed by atoms with E-state index in [-0.39, 0.29) is 6.61 Å². The first-order valence-electron chi connectivity index (χ1n) is 5.82. The molecular weight excluding hydrogens is 200 g/mol. The molecule has 0 aliphatic heterocycles. The Hall–Kier alpha value is -1.02. The van der Waals surface area contributed by atoms with Gasteiger partial charge >= 0.3 is 0 Å². The standard InChI is InChI=1S/C14H21O2/c1-4-5-6-12-7-13(11(2)10-15)9-14(8-12)16-3/h7-9,15H,4-6,10H2,1-3H3. The first kappa shape index (κ1) is 13.0. The number of hydrogen-bond acceptors (Lipinski definition) is 2. The third-order valence-corrected chi connectivity index (χ3v) is 2.75. The van der Waals surface area contributed by atoms with Gasteiger partial charge in [0.05, 0.1) is 13.7 Å². The van der Waals surface area contributed by atoms with Crippen LogP contribution in [0.1, 0.15) is 37.8 Å². The zero-order valence-electron chi connectivity index (χ0n) is 10.4. The van der Waals surface area contributed by atoms with Crippen LogP contribution in [0.5, 0.6) is 5.75 Å². The fraction of sp³-hybridized carbons (Fsp3) is 0.500. The summed E-state index contributed by atoms with van der Waals surface area (Å²) in [5, 5.41) is 9.14. The zero-order chi connectivity index (χ0) is 12.0. The molecule has 2 nitrogen and oxygen atoms in total. The molecule has 0 atom stereocenters. The highest BCUT2D eigenvalue weighted by atomic mass is 16.5. The molecule has 0 aliphatic rings. The van der Waals surface area contributed by atoms with Crippen molar-refractivity contribution < 1.29 is 9.84 Å². The van der Waals surface area contributed by atoms with Crippen LogP contribution in [-0.2, 0) is 6.42 Å². The summed E-state index contributed by atoms with van der Waals surface area (Å²) in [6.45, 7) is 4.23. The third-order valence-electron chi connectivity index (χ3n) is 2.75. The molecule has 0 amide bonds. The molecule has 89 valence electrons. The number of aliphatic hydroxyl groups excluding tert-OH is 1. The highest BCUT2D eigenvalue weighted by molar-refractivity contribution is 5.41. The van der Waals surface area contributed by atoms with Crippen molar-refractivity contribution in [3.63, 3.8) is 0 Å². The van der Waals surface area contributed by atoms with E-state index in [9.17, 15) is 0 Å². The van der Waals surface area contributed by atoms with Crippen molar-refractivity contribution in [2.75, 3.05) is 13.7 Å². The predicted molar refractivity (Wildman–Crippen MR) is 66.7 cm³/mol. The molecule has 0 spiro atoms. The van der Waals surface area contributed by atoms with Gasteiger partial charge in [-0.1, -0.05) is 26.3 Å². The lowest BCUT2D eigenvalue weighted by molar-refractivity contribution is 0.314. The average Bonchev–Trinajstić information content (AvgIpc) is 2.34. The van der Waals surface area contributed by atoms with Crippen LogP contribution in [-0.4, -0.2) is 18.8 Å². The van der Waals surface area contributed by atoms with E-state index in [0.29, 0.717) is 0 Å². The summed E-state index contributed by atoms with van der Waals surface area (Å²) >= 11 is 0. The molecule has 2 heteroatoms. The second-order valence-corrected chi connectivity index (χ2v) is 4.11. The predicted octanol–water partition coefficient (Wildman–Crippen LogP) is 2.97. The summed E-state index contributed by atoms with van der Waals surface area (Å²) in [6, 6.07) is 6.19. The van der Waals surface area contributed by atoms with E-state index in [1.165, 1.54) is 18.4 Å². The van der Waals surface area contributed by atoms with Crippen LogP contribution in [0.3, 0.4) is 0 Å². The quantitative estimate of drug-likeness (QED) is 0.800. The summed E-state index contributed by atoms with van der Waals surface area (Å²) in [5.74, 6) is 1.85. The number of benzene rings is 1. The fourth-order valence-corrected chi connectivity index (χ4v) is 1.64. The number of methoxy groups -OCH3 is 1. The normalized spacial score (nSPS) is 10.8. The SMILES string of the molecule is CCCCc1cc(OC)cc([C](C)CO)c1. The van der Waals surface area contributed by atoms with Gasteiger partial charge in [-0.25, -0.2) is 0 Å². The van der Waals surface area contributed by atoms with Crippen LogP contribution in [0, 0.1) is 5.92 Å². The minimum Gasteiger partial charge on any atom is -0.497 e. The topological polar surface area (TPSA) is 29.5 Å². The Morgan fingerprint density at radius 3 is 2.62 bits per heavy atom. The molecule has 0 aliphatic carbocycles. The largest absolute Gasteiger partial charge is 0.497 e. The lowest BCUT2D eigenvalue weighted by Gasteiger charge is -2.12. The van der Waals surface area contributed by atoms with Gasteiger partial charge in [-0.3, -0.25) is 0 Å². The molecule has 0 fully saturated rings. The molecule has 1 radical (unpaired) electrons. The molecule has 0 heterocycles. The summed E-state index contributed by atoms with van der Waals surface area (Å²) in [6.07, 6.45) is 3.44. The minimum absolute atomic E-state index is 0.0976. The zero-order valence-corrected chi connectivity index (χ0v) is 10.4. The third kappa shape index (κ3) is 3.53. The van der Waals surface area contributed by atoms with Crippen LogP contribution in [0.4, 0.5) is 0 Å². The molecule has 1 aromatic carbocycles. The molecule has 1 aromatic rings. The molecule has 0 saturated carbocycles. The number of unbranched alkanes of at least 4 members (excludes halogenated alkanes) is 1. The van der Waals surface area contributed by atoms with Crippen LogP contribution in [0.15, 0.2) is 18.2 Å². The maximum absolute atomic E-state index is 9.14. The second kappa shape index (κ2) is 6.54. The Morgan fingerprint density at radius 1 is 1.31 bits per heavy atom. The summed E-state index contributed by atoms with van der Waals surface area (Å²) in [7, 11) is 1.68. The van der Waals surface area contributed by atoms with Crippen molar-refractivity contribution >= 4 is 0 Å². The average molecular weight is 221 g/mol. The molecule has 1 N–H and O–H groups in total. The van der Waals surface area contributed by atoms with Crippen LogP contribution >= 0.6 is 0 Å². The Morgan fingerprint density at radius 2 is 2.06 bits per heavy atom. The lowest BCUT2D eigenvalue weighted by Crippen LogP contribution is -2.02. The van der Waals surface area contributed by atoms with Gasteiger partial charge in [-0.2, -0.15) is 0 Å². The van der Waals surface area contributed by atoms with E-state index in [2.05, 4.69) is 19.1 Å². The highest BCUT2D eigenvalue weighted by Gasteiger charge is 2.08. The van der Waals surface area contributed by atoms with E-state index >= 15 is 0 Å². The van der Waals surface area contributed by atoms with Gasteiger partial charge in [0.15, 0.2) is 0 Å². The summed E-state index contributed by atoms with van der Waals surface area (Å²) in [5.41, 5.74) is 2.36. The van der Waals surface area contributed by atoms with Crippen molar-refractivity contribution in [2.24, 2.45) is 0 Å². The van der Waals surface area contributed by atoms with E-state index < -0.39 is 0 Å².